The largest absolute Gasteiger partial charge is 0.482 e. The number of aryl methyl sites for hydroxylation is 2. The predicted octanol–water partition coefficient (Wildman–Crippen LogP) is 4.33. The Morgan fingerprint density at radius 3 is 2.35 bits per heavy atom. The normalized spacial score (nSPS) is 10.4. The van der Waals surface area contributed by atoms with Crippen LogP contribution in [0.2, 0.25) is 0 Å². The Kier molecular flexibility index (Phi) is 7.23. The summed E-state index contributed by atoms with van der Waals surface area (Å²) in [6, 6.07) is 21.2. The van der Waals surface area contributed by atoms with Crippen molar-refractivity contribution in [1.82, 2.24) is 0 Å². The summed E-state index contributed by atoms with van der Waals surface area (Å²) in [7, 11) is 0. The van der Waals surface area contributed by atoms with Crippen molar-refractivity contribution in [2.45, 2.75) is 20.3 Å². The van der Waals surface area contributed by atoms with E-state index in [1.165, 1.54) is 4.90 Å². The van der Waals surface area contributed by atoms with E-state index in [1.54, 1.807) is 6.07 Å². The molecule has 0 bridgehead atoms. The highest BCUT2D eigenvalue weighted by Crippen LogP contribution is 2.21. The third-order valence-electron chi connectivity index (χ3n) is 4.70. The Bertz CT molecular complexity index is 1110. The molecule has 3 rings (SSSR count). The van der Waals surface area contributed by atoms with Gasteiger partial charge in [-0.15, -0.1) is 0 Å². The minimum absolute atomic E-state index is 0.178. The van der Waals surface area contributed by atoms with Gasteiger partial charge in [0.05, 0.1) is 12.5 Å². The molecule has 0 unspecified atom stereocenters. The molecule has 0 heterocycles. The molecule has 1 amide bonds. The molecular weight excluding hydrogens is 392 g/mol. The summed E-state index contributed by atoms with van der Waals surface area (Å²) in [5, 5.41) is 11.0. The monoisotopic (exact) mass is 416 g/mol. The van der Waals surface area contributed by atoms with Gasteiger partial charge >= 0.3 is 5.97 Å². The maximum absolute atomic E-state index is 12.7. The minimum atomic E-state index is -0.637. The number of fused-ring (bicyclic) bond motifs is 1. The second-order valence-electron chi connectivity index (χ2n) is 7.26. The first-order chi connectivity index (χ1) is 15.0. The standard InChI is InChI=1S/C25H24N2O4/c1-18-12-19(2)14-22(13-18)27(11-5-10-26)24(28)16-31-25(29)17-30-23-9-8-20-6-3-4-7-21(20)15-23/h3-4,6-9,12-15H,5,11,16-17H2,1-2H3. The van der Waals surface area contributed by atoms with Crippen LogP contribution in [0.25, 0.3) is 10.8 Å². The molecular formula is C25H24N2O4. The Morgan fingerprint density at radius 2 is 1.65 bits per heavy atom. The van der Waals surface area contributed by atoms with Crippen LogP contribution >= 0.6 is 0 Å². The van der Waals surface area contributed by atoms with Crippen molar-refractivity contribution in [1.29, 1.82) is 5.26 Å². The first kappa shape index (κ1) is 21.8. The molecule has 0 aliphatic heterocycles. The number of benzene rings is 3. The van der Waals surface area contributed by atoms with Crippen molar-refractivity contribution < 1.29 is 19.1 Å². The first-order valence-corrected chi connectivity index (χ1v) is 9.99. The van der Waals surface area contributed by atoms with Gasteiger partial charge in [0, 0.05) is 12.2 Å². The number of amides is 1. The van der Waals surface area contributed by atoms with Crippen LogP contribution in [0.3, 0.4) is 0 Å². The summed E-state index contributed by atoms with van der Waals surface area (Å²) < 4.78 is 10.6. The van der Waals surface area contributed by atoms with Crippen molar-refractivity contribution in [2.75, 3.05) is 24.7 Å². The number of carbonyl (C=O) groups is 2. The second kappa shape index (κ2) is 10.3. The fraction of sp³-hybridized carbons (Fsp3) is 0.240. The van der Waals surface area contributed by atoms with Crippen LogP contribution < -0.4 is 9.64 Å². The zero-order valence-electron chi connectivity index (χ0n) is 17.6. The van der Waals surface area contributed by atoms with Crippen LogP contribution in [0.5, 0.6) is 5.75 Å². The molecule has 3 aromatic rings. The highest BCUT2D eigenvalue weighted by atomic mass is 16.6. The lowest BCUT2D eigenvalue weighted by atomic mass is 10.1. The van der Waals surface area contributed by atoms with Gasteiger partial charge in [0.2, 0.25) is 0 Å². The van der Waals surface area contributed by atoms with Gasteiger partial charge in [0.15, 0.2) is 13.2 Å². The molecule has 6 nitrogen and oxygen atoms in total. The van der Waals surface area contributed by atoms with E-state index in [0.717, 1.165) is 21.9 Å². The van der Waals surface area contributed by atoms with Crippen LogP contribution in [0.15, 0.2) is 60.7 Å². The topological polar surface area (TPSA) is 79.6 Å². The van der Waals surface area contributed by atoms with Gasteiger partial charge in [0.25, 0.3) is 5.91 Å². The molecule has 0 N–H and O–H groups in total. The third-order valence-corrected chi connectivity index (χ3v) is 4.70. The molecule has 0 fully saturated rings. The molecule has 0 saturated heterocycles. The first-order valence-electron chi connectivity index (χ1n) is 9.99. The maximum Gasteiger partial charge on any atom is 0.344 e. The molecule has 0 atom stereocenters. The zero-order chi connectivity index (χ0) is 22.2. The van der Waals surface area contributed by atoms with Crippen LogP contribution in [0, 0.1) is 25.2 Å². The molecule has 0 aliphatic rings. The Morgan fingerprint density at radius 1 is 0.935 bits per heavy atom. The Labute approximate surface area is 181 Å². The van der Waals surface area contributed by atoms with E-state index in [2.05, 4.69) is 0 Å². The summed E-state index contributed by atoms with van der Waals surface area (Å²) in [5.74, 6) is -0.477. The molecule has 3 aromatic carbocycles. The summed E-state index contributed by atoms with van der Waals surface area (Å²) in [5.41, 5.74) is 2.69. The number of nitrogens with zero attached hydrogens (tertiary/aromatic N) is 2. The molecule has 158 valence electrons. The predicted molar refractivity (Wildman–Crippen MR) is 119 cm³/mol. The van der Waals surface area contributed by atoms with Crippen molar-refractivity contribution in [2.24, 2.45) is 0 Å². The van der Waals surface area contributed by atoms with E-state index in [9.17, 15) is 9.59 Å². The third kappa shape index (κ3) is 6.06. The SMILES string of the molecule is Cc1cc(C)cc(N(CCC#N)C(=O)COC(=O)COc2ccc3ccccc3c2)c1. The Balaban J connectivity index is 1.57. The van der Waals surface area contributed by atoms with E-state index >= 15 is 0 Å². The van der Waals surface area contributed by atoms with Gasteiger partial charge in [-0.1, -0.05) is 36.4 Å². The molecule has 0 aliphatic carbocycles. The van der Waals surface area contributed by atoms with Gasteiger partial charge in [-0.05, 0) is 60.0 Å². The summed E-state index contributed by atoms with van der Waals surface area (Å²) in [6.45, 7) is 3.39. The van der Waals surface area contributed by atoms with Gasteiger partial charge in [-0.25, -0.2) is 4.79 Å². The smallest absolute Gasteiger partial charge is 0.344 e. The molecule has 0 saturated carbocycles. The number of ether oxygens (including phenoxy) is 2. The lowest BCUT2D eigenvalue weighted by Gasteiger charge is -2.22. The quantitative estimate of drug-likeness (QED) is 0.511. The van der Waals surface area contributed by atoms with E-state index in [1.807, 2.05) is 74.5 Å². The van der Waals surface area contributed by atoms with Crippen molar-refractivity contribution in [3.05, 3.63) is 71.8 Å². The van der Waals surface area contributed by atoms with Gasteiger partial charge < -0.3 is 14.4 Å². The minimum Gasteiger partial charge on any atom is -0.482 e. The van der Waals surface area contributed by atoms with Crippen molar-refractivity contribution in [3.63, 3.8) is 0 Å². The highest BCUT2D eigenvalue weighted by Gasteiger charge is 2.18. The van der Waals surface area contributed by atoms with Crippen LogP contribution in [0.1, 0.15) is 17.5 Å². The molecule has 0 radical (unpaired) electrons. The number of hydrogen-bond acceptors (Lipinski definition) is 5. The van der Waals surface area contributed by atoms with Crippen molar-refractivity contribution >= 4 is 28.3 Å². The number of carbonyl (C=O) groups excluding carboxylic acids is 2. The van der Waals surface area contributed by atoms with E-state index in [-0.39, 0.29) is 25.5 Å². The van der Waals surface area contributed by atoms with Crippen LogP contribution in [0.4, 0.5) is 5.69 Å². The second-order valence-corrected chi connectivity index (χ2v) is 7.26. The summed E-state index contributed by atoms with van der Waals surface area (Å²) >= 11 is 0. The van der Waals surface area contributed by atoms with Crippen molar-refractivity contribution in [3.8, 4) is 11.8 Å². The molecule has 31 heavy (non-hydrogen) atoms. The van der Waals surface area contributed by atoms with Gasteiger partial charge in [-0.2, -0.15) is 5.26 Å². The van der Waals surface area contributed by atoms with Crippen LogP contribution in [-0.2, 0) is 14.3 Å². The number of rotatable bonds is 8. The highest BCUT2D eigenvalue weighted by molar-refractivity contribution is 5.95. The maximum atomic E-state index is 12.7. The van der Waals surface area contributed by atoms with E-state index in [4.69, 9.17) is 14.7 Å². The summed E-state index contributed by atoms with van der Waals surface area (Å²) in [4.78, 5) is 26.3. The Hall–Kier alpha value is -3.85. The average molecular weight is 416 g/mol. The average Bonchev–Trinajstić information content (AvgIpc) is 2.75. The number of nitriles is 1. The molecule has 0 spiro atoms. The molecule has 0 aromatic heterocycles. The zero-order valence-corrected chi connectivity index (χ0v) is 17.6. The number of esters is 1. The van der Waals surface area contributed by atoms with Gasteiger partial charge in [-0.3, -0.25) is 4.79 Å². The fourth-order valence-corrected chi connectivity index (χ4v) is 3.33. The lowest BCUT2D eigenvalue weighted by molar-refractivity contribution is -0.149. The van der Waals surface area contributed by atoms with Crippen LogP contribution in [-0.4, -0.2) is 31.6 Å². The fourth-order valence-electron chi connectivity index (χ4n) is 3.33. The lowest BCUT2D eigenvalue weighted by Crippen LogP contribution is -2.36. The number of anilines is 1. The summed E-state index contributed by atoms with van der Waals surface area (Å²) in [6.07, 6.45) is 0.178. The van der Waals surface area contributed by atoms with Gasteiger partial charge in [0.1, 0.15) is 5.75 Å². The number of hydrogen-bond donors (Lipinski definition) is 0. The van der Waals surface area contributed by atoms with E-state index in [0.29, 0.717) is 11.4 Å². The van der Waals surface area contributed by atoms with E-state index < -0.39 is 12.6 Å². The molecule has 6 heteroatoms.